The molecule has 5 nitrogen and oxygen atoms in total. The number of benzene rings is 3. The van der Waals surface area contributed by atoms with E-state index in [9.17, 15) is 13.2 Å². The molecule has 6 heteroatoms. The number of rotatable bonds is 5. The smallest absolute Gasteiger partial charge is 0.255 e. The first-order chi connectivity index (χ1) is 13.2. The third kappa shape index (κ3) is 4.58. The standard InChI is InChI=1S/C22H21NO4S/c1-15-7-6-8-18(13-15)27-20-10-5-4-9-19(20)23-22(24)17-12-11-16(2)21(14-17)28(3,25)26/h4-14H,1-3H3,(H,23,24). The number of ether oxygens (including phenoxy) is 1. The van der Waals surface area contributed by atoms with Gasteiger partial charge >= 0.3 is 0 Å². The monoisotopic (exact) mass is 395 g/mol. The molecule has 144 valence electrons. The molecule has 0 aliphatic rings. The predicted molar refractivity (Wildman–Crippen MR) is 110 cm³/mol. The molecule has 3 rings (SSSR count). The first-order valence-corrected chi connectivity index (χ1v) is 10.6. The molecule has 0 aromatic heterocycles. The highest BCUT2D eigenvalue weighted by Gasteiger charge is 2.16. The van der Waals surface area contributed by atoms with Crippen LogP contribution in [-0.4, -0.2) is 20.6 Å². The number of anilines is 1. The van der Waals surface area contributed by atoms with Crippen LogP contribution in [0.2, 0.25) is 0 Å². The molecule has 0 spiro atoms. The minimum absolute atomic E-state index is 0.143. The van der Waals surface area contributed by atoms with E-state index in [4.69, 9.17) is 4.74 Å². The maximum atomic E-state index is 12.7. The van der Waals surface area contributed by atoms with E-state index in [1.54, 1.807) is 37.3 Å². The molecule has 0 bridgehead atoms. The lowest BCUT2D eigenvalue weighted by atomic mass is 10.1. The maximum absolute atomic E-state index is 12.7. The number of amides is 1. The summed E-state index contributed by atoms with van der Waals surface area (Å²) in [7, 11) is -3.42. The maximum Gasteiger partial charge on any atom is 0.255 e. The summed E-state index contributed by atoms with van der Waals surface area (Å²) in [4.78, 5) is 12.8. The number of aryl methyl sites for hydroxylation is 2. The third-order valence-corrected chi connectivity index (χ3v) is 5.44. The highest BCUT2D eigenvalue weighted by Crippen LogP contribution is 2.30. The quantitative estimate of drug-likeness (QED) is 0.676. The molecule has 1 N–H and O–H groups in total. The molecule has 3 aromatic rings. The van der Waals surface area contributed by atoms with E-state index in [2.05, 4.69) is 5.32 Å². The molecular weight excluding hydrogens is 374 g/mol. The summed E-state index contributed by atoms with van der Waals surface area (Å²) in [5.41, 5.74) is 2.42. The molecule has 0 aliphatic heterocycles. The molecule has 0 radical (unpaired) electrons. The van der Waals surface area contributed by atoms with Gasteiger partial charge in [0.2, 0.25) is 0 Å². The highest BCUT2D eigenvalue weighted by atomic mass is 32.2. The van der Waals surface area contributed by atoms with E-state index in [-0.39, 0.29) is 10.5 Å². The second-order valence-corrected chi connectivity index (χ2v) is 8.61. The Kier molecular flexibility index (Phi) is 5.51. The molecule has 0 atom stereocenters. The van der Waals surface area contributed by atoms with Gasteiger partial charge in [0, 0.05) is 11.8 Å². The van der Waals surface area contributed by atoms with Gasteiger partial charge in [0.1, 0.15) is 5.75 Å². The average Bonchev–Trinajstić information content (AvgIpc) is 2.63. The summed E-state index contributed by atoms with van der Waals surface area (Å²) in [6, 6.07) is 19.3. The zero-order chi connectivity index (χ0) is 20.3. The van der Waals surface area contributed by atoms with Crippen molar-refractivity contribution in [2.75, 3.05) is 11.6 Å². The van der Waals surface area contributed by atoms with Crippen molar-refractivity contribution < 1.29 is 17.9 Å². The minimum atomic E-state index is -3.42. The molecular formula is C22H21NO4S. The van der Waals surface area contributed by atoms with Crippen molar-refractivity contribution in [3.05, 3.63) is 83.4 Å². The van der Waals surface area contributed by atoms with Crippen LogP contribution in [0, 0.1) is 13.8 Å². The lowest BCUT2D eigenvalue weighted by Crippen LogP contribution is -2.14. The summed E-state index contributed by atoms with van der Waals surface area (Å²) < 4.78 is 29.8. The number of hydrogen-bond donors (Lipinski definition) is 1. The van der Waals surface area contributed by atoms with Crippen LogP contribution in [0.5, 0.6) is 11.5 Å². The van der Waals surface area contributed by atoms with Gasteiger partial charge in [0.05, 0.1) is 10.6 Å². The van der Waals surface area contributed by atoms with Crippen LogP contribution in [0.15, 0.2) is 71.6 Å². The topological polar surface area (TPSA) is 72.5 Å². The molecule has 0 fully saturated rings. The van der Waals surface area contributed by atoms with Gasteiger partial charge in [-0.25, -0.2) is 8.42 Å². The number of hydrogen-bond acceptors (Lipinski definition) is 4. The van der Waals surface area contributed by atoms with Crippen LogP contribution < -0.4 is 10.1 Å². The summed E-state index contributed by atoms with van der Waals surface area (Å²) in [5.74, 6) is 0.749. The van der Waals surface area contributed by atoms with E-state index < -0.39 is 15.7 Å². The second kappa shape index (κ2) is 7.86. The van der Waals surface area contributed by atoms with Crippen LogP contribution in [0.3, 0.4) is 0 Å². The SMILES string of the molecule is Cc1cccc(Oc2ccccc2NC(=O)c2ccc(C)c(S(C)(=O)=O)c2)c1. The molecule has 1 amide bonds. The van der Waals surface area contributed by atoms with Crippen molar-refractivity contribution in [2.45, 2.75) is 18.7 Å². The summed E-state index contributed by atoms with van der Waals surface area (Å²) in [6.07, 6.45) is 1.13. The number of sulfone groups is 1. The molecule has 0 unspecified atom stereocenters. The van der Waals surface area contributed by atoms with Gasteiger partial charge in [-0.1, -0.05) is 30.3 Å². The van der Waals surface area contributed by atoms with E-state index in [0.29, 0.717) is 22.7 Å². The first kappa shape index (κ1) is 19.6. The van der Waals surface area contributed by atoms with Crippen LogP contribution >= 0.6 is 0 Å². The fourth-order valence-electron chi connectivity index (χ4n) is 2.80. The molecule has 0 saturated heterocycles. The molecule has 28 heavy (non-hydrogen) atoms. The van der Waals surface area contributed by atoms with Crippen LogP contribution in [0.1, 0.15) is 21.5 Å². The van der Waals surface area contributed by atoms with Crippen LogP contribution in [-0.2, 0) is 9.84 Å². The minimum Gasteiger partial charge on any atom is -0.455 e. The molecule has 3 aromatic carbocycles. The van der Waals surface area contributed by atoms with Crippen LogP contribution in [0.4, 0.5) is 5.69 Å². The Bertz CT molecular complexity index is 1140. The average molecular weight is 395 g/mol. The van der Waals surface area contributed by atoms with Crippen LogP contribution in [0.25, 0.3) is 0 Å². The van der Waals surface area contributed by atoms with Gasteiger partial charge in [0.15, 0.2) is 15.6 Å². The van der Waals surface area contributed by atoms with E-state index in [1.807, 2.05) is 37.3 Å². The van der Waals surface area contributed by atoms with Gasteiger partial charge in [-0.3, -0.25) is 4.79 Å². The van der Waals surface area contributed by atoms with E-state index in [0.717, 1.165) is 11.8 Å². The van der Waals surface area contributed by atoms with E-state index in [1.165, 1.54) is 6.07 Å². The Morgan fingerprint density at radius 1 is 0.929 bits per heavy atom. The Morgan fingerprint density at radius 2 is 1.68 bits per heavy atom. The zero-order valence-electron chi connectivity index (χ0n) is 15.9. The Morgan fingerprint density at radius 3 is 2.39 bits per heavy atom. The van der Waals surface area contributed by atoms with E-state index >= 15 is 0 Å². The molecule has 0 aliphatic carbocycles. The largest absolute Gasteiger partial charge is 0.455 e. The number of carbonyl (C=O) groups excluding carboxylic acids is 1. The summed E-state index contributed by atoms with van der Waals surface area (Å²) in [5, 5.41) is 2.80. The number of carbonyl (C=O) groups is 1. The molecule has 0 saturated carbocycles. The van der Waals surface area contributed by atoms with Crippen molar-refractivity contribution >= 4 is 21.4 Å². The zero-order valence-corrected chi connectivity index (χ0v) is 16.7. The lowest BCUT2D eigenvalue weighted by Gasteiger charge is -2.13. The Balaban J connectivity index is 1.88. The highest BCUT2D eigenvalue weighted by molar-refractivity contribution is 7.90. The first-order valence-electron chi connectivity index (χ1n) is 8.69. The lowest BCUT2D eigenvalue weighted by molar-refractivity contribution is 0.102. The number of nitrogens with one attached hydrogen (secondary N) is 1. The molecule has 0 heterocycles. The fourth-order valence-corrected chi connectivity index (χ4v) is 3.79. The Hall–Kier alpha value is -3.12. The summed E-state index contributed by atoms with van der Waals surface area (Å²) in [6.45, 7) is 3.67. The second-order valence-electron chi connectivity index (χ2n) is 6.62. The summed E-state index contributed by atoms with van der Waals surface area (Å²) >= 11 is 0. The normalized spacial score (nSPS) is 11.1. The van der Waals surface area contributed by atoms with Crippen molar-refractivity contribution in [3.8, 4) is 11.5 Å². The Labute approximate surface area is 164 Å². The number of para-hydroxylation sites is 2. The van der Waals surface area contributed by atoms with Gasteiger partial charge in [-0.15, -0.1) is 0 Å². The van der Waals surface area contributed by atoms with Gasteiger partial charge < -0.3 is 10.1 Å². The third-order valence-electron chi connectivity index (χ3n) is 4.20. The van der Waals surface area contributed by atoms with Crippen molar-refractivity contribution in [3.63, 3.8) is 0 Å². The van der Waals surface area contributed by atoms with Gasteiger partial charge in [0.25, 0.3) is 5.91 Å². The van der Waals surface area contributed by atoms with Crippen molar-refractivity contribution in [2.24, 2.45) is 0 Å². The van der Waals surface area contributed by atoms with Crippen molar-refractivity contribution in [1.82, 2.24) is 0 Å². The van der Waals surface area contributed by atoms with Gasteiger partial charge in [-0.2, -0.15) is 0 Å². The van der Waals surface area contributed by atoms with Gasteiger partial charge in [-0.05, 0) is 61.4 Å². The predicted octanol–water partition coefficient (Wildman–Crippen LogP) is 4.75. The fraction of sp³-hybridized carbons (Fsp3) is 0.136. The van der Waals surface area contributed by atoms with Crippen molar-refractivity contribution in [1.29, 1.82) is 0 Å².